The molecule has 2 rings (SSSR count). The molecule has 1 aromatic heterocycles. The van der Waals surface area contributed by atoms with E-state index in [1.165, 1.54) is 10.5 Å². The molecule has 0 unspecified atom stereocenters. The Morgan fingerprint density at radius 3 is 1.95 bits per heavy atom. The average molecular weight is 304 g/mol. The van der Waals surface area contributed by atoms with Crippen LogP contribution >= 0.6 is 11.6 Å². The lowest BCUT2D eigenvalue weighted by Crippen LogP contribution is -2.63. The van der Waals surface area contributed by atoms with Gasteiger partial charge >= 0.3 is 0 Å². The first-order valence-corrected chi connectivity index (χ1v) is 9.70. The zero-order valence-corrected chi connectivity index (χ0v) is 14.4. The lowest BCUT2D eigenvalue weighted by molar-refractivity contribution is 0.923. The summed E-state index contributed by atoms with van der Waals surface area (Å²) in [6.07, 6.45) is 1.91. The summed E-state index contributed by atoms with van der Waals surface area (Å²) in [6.45, 7) is 9.32. The van der Waals surface area contributed by atoms with Crippen LogP contribution in [0.15, 0.2) is 48.7 Å². The van der Waals surface area contributed by atoms with Crippen molar-refractivity contribution in [1.29, 1.82) is 0 Å². The van der Waals surface area contributed by atoms with Crippen LogP contribution in [0.5, 0.6) is 0 Å². The van der Waals surface area contributed by atoms with Gasteiger partial charge in [-0.1, -0.05) is 62.7 Å². The van der Waals surface area contributed by atoms with Gasteiger partial charge in [-0.25, -0.2) is 0 Å². The molecule has 0 saturated heterocycles. The smallest absolute Gasteiger partial charge is 0.146 e. The number of aromatic nitrogens is 1. The van der Waals surface area contributed by atoms with Crippen LogP contribution in [0.3, 0.4) is 0 Å². The van der Waals surface area contributed by atoms with E-state index in [1.54, 1.807) is 0 Å². The van der Waals surface area contributed by atoms with E-state index in [4.69, 9.17) is 16.6 Å². The van der Waals surface area contributed by atoms with Crippen molar-refractivity contribution in [3.05, 3.63) is 53.7 Å². The molecule has 20 heavy (non-hydrogen) atoms. The fraction of sp³-hybridized carbons (Fsp3) is 0.353. The van der Waals surface area contributed by atoms with Crippen LogP contribution in [0, 0.1) is 0 Å². The van der Waals surface area contributed by atoms with Crippen molar-refractivity contribution in [2.24, 2.45) is 0 Å². The van der Waals surface area contributed by atoms with Crippen molar-refractivity contribution >= 4 is 30.2 Å². The van der Waals surface area contributed by atoms with Crippen LogP contribution < -0.4 is 10.5 Å². The first kappa shape index (κ1) is 15.3. The molecule has 1 nitrogen and oxygen atoms in total. The summed E-state index contributed by atoms with van der Waals surface area (Å²) >= 11 is 6.07. The maximum atomic E-state index is 6.07. The minimum Gasteiger partial charge on any atom is -0.266 e. The Morgan fingerprint density at radius 1 is 0.900 bits per heavy atom. The number of halogens is 1. The Morgan fingerprint density at radius 2 is 1.50 bits per heavy atom. The lowest BCUT2D eigenvalue weighted by atomic mass is 10.4. The van der Waals surface area contributed by atoms with E-state index in [0.29, 0.717) is 11.1 Å². The fourth-order valence-corrected chi connectivity index (χ4v) is 9.06. The summed E-state index contributed by atoms with van der Waals surface area (Å²) in [5, 5.41) is 3.49. The molecule has 0 fully saturated rings. The molecule has 0 spiro atoms. The van der Waals surface area contributed by atoms with Gasteiger partial charge in [0.2, 0.25) is 0 Å². The number of benzene rings is 1. The standard InChI is InChI=1S/C17H22ClNSi/c1-13(2)20(14(3)4,17-7-5-6-12-19-17)16-10-8-15(18)9-11-16/h5-14H,1-4H3. The number of hydrogen-bond acceptors (Lipinski definition) is 1. The molecule has 0 radical (unpaired) electrons. The summed E-state index contributed by atoms with van der Waals surface area (Å²) in [6, 6.07) is 14.7. The minimum atomic E-state index is -1.90. The first-order valence-electron chi connectivity index (χ1n) is 7.17. The van der Waals surface area contributed by atoms with Gasteiger partial charge in [0.25, 0.3) is 0 Å². The molecule has 3 heteroatoms. The van der Waals surface area contributed by atoms with Crippen LogP contribution in [-0.2, 0) is 0 Å². The van der Waals surface area contributed by atoms with Gasteiger partial charge in [0.15, 0.2) is 0 Å². The molecule has 1 heterocycles. The van der Waals surface area contributed by atoms with E-state index in [1.807, 2.05) is 24.4 Å². The second kappa shape index (κ2) is 6.11. The quantitative estimate of drug-likeness (QED) is 0.774. The van der Waals surface area contributed by atoms with Gasteiger partial charge in [-0.2, -0.15) is 0 Å². The predicted octanol–water partition coefficient (Wildman–Crippen LogP) is 4.12. The second-order valence-electron chi connectivity index (χ2n) is 5.90. The van der Waals surface area contributed by atoms with Crippen molar-refractivity contribution < 1.29 is 0 Å². The monoisotopic (exact) mass is 303 g/mol. The van der Waals surface area contributed by atoms with Crippen LogP contribution in [0.1, 0.15) is 27.7 Å². The highest BCUT2D eigenvalue weighted by Crippen LogP contribution is 2.31. The maximum absolute atomic E-state index is 6.07. The van der Waals surface area contributed by atoms with E-state index in [0.717, 1.165) is 5.02 Å². The van der Waals surface area contributed by atoms with E-state index >= 15 is 0 Å². The van der Waals surface area contributed by atoms with Crippen molar-refractivity contribution in [2.45, 2.75) is 38.8 Å². The molecule has 2 aromatic rings. The number of hydrogen-bond donors (Lipinski definition) is 0. The number of nitrogens with zero attached hydrogens (tertiary/aromatic N) is 1. The number of rotatable bonds is 4. The van der Waals surface area contributed by atoms with Gasteiger partial charge in [-0.15, -0.1) is 0 Å². The van der Waals surface area contributed by atoms with Gasteiger partial charge in [0.05, 0.1) is 0 Å². The van der Waals surface area contributed by atoms with Crippen molar-refractivity contribution in [1.82, 2.24) is 4.98 Å². The highest BCUT2D eigenvalue weighted by molar-refractivity contribution is 7.03. The molecule has 0 aliphatic carbocycles. The predicted molar refractivity (Wildman–Crippen MR) is 90.9 cm³/mol. The summed E-state index contributed by atoms with van der Waals surface area (Å²) in [5.74, 6) is 0. The molecule has 0 aliphatic rings. The third-order valence-corrected chi connectivity index (χ3v) is 10.6. The van der Waals surface area contributed by atoms with Crippen molar-refractivity contribution in [3.63, 3.8) is 0 Å². The molecule has 0 N–H and O–H groups in total. The molecule has 0 atom stereocenters. The summed E-state index contributed by atoms with van der Waals surface area (Å²) in [5.41, 5.74) is 1.16. The van der Waals surface area contributed by atoms with E-state index in [9.17, 15) is 0 Å². The average Bonchev–Trinajstić information content (AvgIpc) is 2.42. The van der Waals surface area contributed by atoms with Crippen LogP contribution in [0.2, 0.25) is 16.1 Å². The second-order valence-corrected chi connectivity index (χ2v) is 11.5. The summed E-state index contributed by atoms with van der Waals surface area (Å²) in [4.78, 5) is 4.72. The van der Waals surface area contributed by atoms with Crippen molar-refractivity contribution in [3.8, 4) is 0 Å². The van der Waals surface area contributed by atoms with Gasteiger partial charge in [-0.3, -0.25) is 4.98 Å². The SMILES string of the molecule is CC(C)[Si](c1ccc(Cl)cc1)(c1ccccn1)C(C)C. The van der Waals surface area contributed by atoms with Crippen LogP contribution in [-0.4, -0.2) is 13.1 Å². The highest BCUT2D eigenvalue weighted by atomic mass is 35.5. The lowest BCUT2D eigenvalue weighted by Gasteiger charge is -2.39. The Kier molecular flexibility index (Phi) is 4.66. The molecule has 0 saturated carbocycles. The van der Waals surface area contributed by atoms with Gasteiger partial charge < -0.3 is 0 Å². The Bertz CT molecular complexity index is 541. The minimum absolute atomic E-state index is 0.582. The molecule has 0 amide bonds. The molecule has 0 aliphatic heterocycles. The fourth-order valence-electron chi connectivity index (χ4n) is 3.41. The summed E-state index contributed by atoms with van der Waals surface area (Å²) < 4.78 is 0. The van der Waals surface area contributed by atoms with Gasteiger partial charge in [-0.05, 0) is 35.3 Å². The Balaban J connectivity index is 2.69. The molecular weight excluding hydrogens is 282 g/mol. The van der Waals surface area contributed by atoms with Crippen LogP contribution in [0.4, 0.5) is 0 Å². The van der Waals surface area contributed by atoms with E-state index in [-0.39, 0.29) is 0 Å². The highest BCUT2D eigenvalue weighted by Gasteiger charge is 2.44. The van der Waals surface area contributed by atoms with E-state index in [2.05, 4.69) is 52.0 Å². The largest absolute Gasteiger partial charge is 0.266 e. The molecule has 106 valence electrons. The van der Waals surface area contributed by atoms with E-state index < -0.39 is 8.07 Å². The van der Waals surface area contributed by atoms with Crippen molar-refractivity contribution in [2.75, 3.05) is 0 Å². The first-order chi connectivity index (χ1) is 9.49. The number of pyridine rings is 1. The molecule has 1 aromatic carbocycles. The zero-order valence-electron chi connectivity index (χ0n) is 12.6. The normalized spacial score (nSPS) is 12.2. The third kappa shape index (κ3) is 2.55. The van der Waals surface area contributed by atoms with Gasteiger partial charge in [0.1, 0.15) is 8.07 Å². The maximum Gasteiger partial charge on any atom is 0.146 e. The Labute approximate surface area is 128 Å². The third-order valence-electron chi connectivity index (χ3n) is 4.23. The van der Waals surface area contributed by atoms with Crippen LogP contribution in [0.25, 0.3) is 0 Å². The Hall–Kier alpha value is -1.12. The molecule has 0 bridgehead atoms. The zero-order chi connectivity index (χ0) is 14.8. The summed E-state index contributed by atoms with van der Waals surface area (Å²) in [7, 11) is -1.90. The topological polar surface area (TPSA) is 12.9 Å². The van der Waals surface area contributed by atoms with Gasteiger partial charge in [0, 0.05) is 16.5 Å². The molecular formula is C17H22ClNSi.